The number of hydrogen-bond acceptors (Lipinski definition) is 5. The van der Waals surface area contributed by atoms with Gasteiger partial charge in [0.1, 0.15) is 17.3 Å². The van der Waals surface area contributed by atoms with Gasteiger partial charge in [0.15, 0.2) is 0 Å². The second kappa shape index (κ2) is 14.4. The van der Waals surface area contributed by atoms with Gasteiger partial charge in [0.2, 0.25) is 0 Å². The summed E-state index contributed by atoms with van der Waals surface area (Å²) in [6, 6.07) is 18.9. The van der Waals surface area contributed by atoms with Crippen LogP contribution in [0.15, 0.2) is 72.8 Å². The molecule has 4 rings (SSSR count). The fraction of sp³-hybridized carbons (Fsp3) is 0.314. The Kier molecular flexibility index (Phi) is 10.7. The van der Waals surface area contributed by atoms with Crippen LogP contribution in [0.25, 0.3) is 22.3 Å². The molecular weight excluding hydrogens is 566 g/mol. The van der Waals surface area contributed by atoms with Gasteiger partial charge in [-0.2, -0.15) is 0 Å². The number of aliphatic hydroxyl groups is 2. The quantitative estimate of drug-likeness (QED) is 0.182. The Hall–Kier alpha value is -4.34. The number of aliphatic carboxylic acids is 1. The van der Waals surface area contributed by atoms with Crippen molar-refractivity contribution in [1.29, 1.82) is 0 Å². The summed E-state index contributed by atoms with van der Waals surface area (Å²) in [6.07, 6.45) is -1.95. The van der Waals surface area contributed by atoms with E-state index in [-0.39, 0.29) is 25.3 Å². The van der Waals surface area contributed by atoms with Crippen LogP contribution in [-0.2, 0) is 17.6 Å². The highest BCUT2D eigenvalue weighted by molar-refractivity contribution is 6.11. The van der Waals surface area contributed by atoms with Gasteiger partial charge in [-0.05, 0) is 92.6 Å². The van der Waals surface area contributed by atoms with E-state index >= 15 is 0 Å². The predicted molar refractivity (Wildman–Crippen MR) is 164 cm³/mol. The van der Waals surface area contributed by atoms with Gasteiger partial charge in [-0.25, -0.2) is 8.78 Å². The Morgan fingerprint density at radius 1 is 0.886 bits per heavy atom. The minimum absolute atomic E-state index is 0.136. The Bertz CT molecular complexity index is 1600. The Morgan fingerprint density at radius 3 is 2.02 bits per heavy atom. The Labute approximate surface area is 255 Å². The van der Waals surface area contributed by atoms with Crippen LogP contribution in [0, 0.1) is 11.6 Å². The number of rotatable bonds is 13. The van der Waals surface area contributed by atoms with Crippen molar-refractivity contribution in [2.75, 3.05) is 5.32 Å². The lowest BCUT2D eigenvalue weighted by molar-refractivity contribution is -0.307. The van der Waals surface area contributed by atoms with Crippen molar-refractivity contribution >= 4 is 17.6 Å². The molecule has 7 nitrogen and oxygen atoms in total. The van der Waals surface area contributed by atoms with Gasteiger partial charge in [-0.15, -0.1) is 0 Å². The van der Waals surface area contributed by atoms with Crippen molar-refractivity contribution in [2.45, 2.75) is 71.1 Å². The maximum atomic E-state index is 14.2. The van der Waals surface area contributed by atoms with E-state index in [4.69, 9.17) is 0 Å². The number of aryl methyl sites for hydroxylation is 1. The maximum absolute atomic E-state index is 14.2. The molecule has 0 saturated carbocycles. The van der Waals surface area contributed by atoms with Crippen molar-refractivity contribution in [3.8, 4) is 22.3 Å². The SMILES string of the molecule is CCc1cccc(NC(=O)c2c(-c3ccc(F)cc3)c(-c3ccc(F)cc3)c(CC[C@@H](O)CC(O)CC(=O)[O-])n2C(C)C)c1. The van der Waals surface area contributed by atoms with Crippen LogP contribution in [0.3, 0.4) is 0 Å². The third-order valence-corrected chi connectivity index (χ3v) is 7.56. The van der Waals surface area contributed by atoms with E-state index < -0.39 is 42.1 Å². The summed E-state index contributed by atoms with van der Waals surface area (Å²) >= 11 is 0. The number of aliphatic hydroxyl groups excluding tert-OH is 2. The number of carbonyl (C=O) groups excluding carboxylic acids is 2. The molecule has 0 saturated heterocycles. The minimum atomic E-state index is -1.42. The van der Waals surface area contributed by atoms with Gasteiger partial charge in [0, 0.05) is 40.9 Å². The molecule has 232 valence electrons. The zero-order chi connectivity index (χ0) is 32.0. The van der Waals surface area contributed by atoms with E-state index in [0.717, 1.165) is 12.0 Å². The van der Waals surface area contributed by atoms with E-state index in [1.807, 2.05) is 43.5 Å². The lowest BCUT2D eigenvalue weighted by Crippen LogP contribution is -2.29. The molecule has 44 heavy (non-hydrogen) atoms. The highest BCUT2D eigenvalue weighted by Gasteiger charge is 2.30. The summed E-state index contributed by atoms with van der Waals surface area (Å²) in [6.45, 7) is 5.85. The van der Waals surface area contributed by atoms with Gasteiger partial charge in [0.25, 0.3) is 5.91 Å². The number of halogens is 2. The molecular formula is C35H37F2N2O5-. The van der Waals surface area contributed by atoms with Crippen LogP contribution in [0.1, 0.15) is 67.8 Å². The Balaban J connectivity index is 1.91. The first-order chi connectivity index (χ1) is 21.0. The van der Waals surface area contributed by atoms with E-state index in [0.29, 0.717) is 39.3 Å². The second-order valence-corrected chi connectivity index (χ2v) is 11.2. The molecule has 0 bridgehead atoms. The summed E-state index contributed by atoms with van der Waals surface area (Å²) in [7, 11) is 0. The van der Waals surface area contributed by atoms with E-state index in [9.17, 15) is 33.7 Å². The van der Waals surface area contributed by atoms with Crippen LogP contribution in [0.2, 0.25) is 0 Å². The highest BCUT2D eigenvalue weighted by atomic mass is 19.1. The highest BCUT2D eigenvalue weighted by Crippen LogP contribution is 2.43. The summed E-state index contributed by atoms with van der Waals surface area (Å²) < 4.78 is 30.0. The van der Waals surface area contributed by atoms with E-state index in [2.05, 4.69) is 5.32 Å². The lowest BCUT2D eigenvalue weighted by atomic mass is 9.92. The minimum Gasteiger partial charge on any atom is -0.550 e. The van der Waals surface area contributed by atoms with Gasteiger partial charge in [-0.3, -0.25) is 4.79 Å². The van der Waals surface area contributed by atoms with Crippen LogP contribution in [-0.4, -0.2) is 38.9 Å². The molecule has 4 aromatic rings. The smallest absolute Gasteiger partial charge is 0.272 e. The van der Waals surface area contributed by atoms with Crippen molar-refractivity contribution in [3.63, 3.8) is 0 Å². The number of carbonyl (C=O) groups is 2. The molecule has 0 fully saturated rings. The molecule has 0 aliphatic heterocycles. The van der Waals surface area contributed by atoms with Crippen LogP contribution >= 0.6 is 0 Å². The standard InChI is InChI=1S/C35H38F2N2O5/c1-4-22-6-5-7-27(18-22)38-35(44)34-33(24-10-14-26(37)15-11-24)32(23-8-12-25(36)13-9-23)30(39(34)21(2)3)17-16-28(40)19-29(41)20-31(42)43/h5-15,18,21,28-29,40-41H,4,16-17,19-20H2,1-3H3,(H,38,44)(H,42,43)/p-1/t28-,29?/m1/s1. The monoisotopic (exact) mass is 603 g/mol. The number of anilines is 1. The van der Waals surface area contributed by atoms with E-state index in [1.54, 1.807) is 30.3 Å². The third kappa shape index (κ3) is 7.78. The second-order valence-electron chi connectivity index (χ2n) is 11.2. The molecule has 3 aromatic carbocycles. The summed E-state index contributed by atoms with van der Waals surface area (Å²) in [5, 5.41) is 34.7. The molecule has 0 radical (unpaired) electrons. The van der Waals surface area contributed by atoms with Crippen molar-refractivity contribution < 1.29 is 33.7 Å². The van der Waals surface area contributed by atoms with Gasteiger partial charge in [0.05, 0.1) is 12.2 Å². The normalized spacial score (nSPS) is 12.7. The number of amides is 1. The summed E-state index contributed by atoms with van der Waals surface area (Å²) in [5.74, 6) is -2.69. The molecule has 1 aromatic heterocycles. The predicted octanol–water partition coefficient (Wildman–Crippen LogP) is 5.68. The number of nitrogens with one attached hydrogen (secondary N) is 1. The van der Waals surface area contributed by atoms with Gasteiger partial charge in [-0.1, -0.05) is 43.3 Å². The van der Waals surface area contributed by atoms with Gasteiger partial charge >= 0.3 is 0 Å². The zero-order valence-corrected chi connectivity index (χ0v) is 25.0. The summed E-state index contributed by atoms with van der Waals surface area (Å²) in [5.41, 5.74) is 4.98. The molecule has 0 spiro atoms. The maximum Gasteiger partial charge on any atom is 0.272 e. The average molecular weight is 604 g/mol. The molecule has 3 N–H and O–H groups in total. The lowest BCUT2D eigenvalue weighted by Gasteiger charge is -2.20. The van der Waals surface area contributed by atoms with Crippen LogP contribution in [0.4, 0.5) is 14.5 Å². The molecule has 0 aliphatic rings. The topological polar surface area (TPSA) is 115 Å². The number of carboxylic acid groups (broad SMARTS) is 1. The Morgan fingerprint density at radius 2 is 1.48 bits per heavy atom. The first kappa shape index (κ1) is 32.6. The zero-order valence-electron chi connectivity index (χ0n) is 25.0. The number of hydrogen-bond donors (Lipinski definition) is 3. The van der Waals surface area contributed by atoms with Gasteiger partial charge < -0.3 is 30.0 Å². The molecule has 0 aliphatic carbocycles. The van der Waals surface area contributed by atoms with Crippen molar-refractivity contribution in [1.82, 2.24) is 4.57 Å². The molecule has 9 heteroatoms. The number of nitrogens with zero attached hydrogens (tertiary/aromatic N) is 1. The molecule has 1 amide bonds. The molecule has 2 atom stereocenters. The fourth-order valence-electron chi connectivity index (χ4n) is 5.57. The van der Waals surface area contributed by atoms with Crippen molar-refractivity contribution in [3.05, 3.63) is 101 Å². The first-order valence-electron chi connectivity index (χ1n) is 14.7. The first-order valence-corrected chi connectivity index (χ1v) is 14.7. The molecule has 1 heterocycles. The average Bonchev–Trinajstić information content (AvgIpc) is 3.32. The fourth-order valence-corrected chi connectivity index (χ4v) is 5.57. The summed E-state index contributed by atoms with van der Waals surface area (Å²) in [4.78, 5) is 25.1. The van der Waals surface area contributed by atoms with Crippen molar-refractivity contribution in [2.24, 2.45) is 0 Å². The number of carboxylic acids is 1. The number of benzene rings is 3. The number of aromatic nitrogens is 1. The van der Waals surface area contributed by atoms with Crippen LogP contribution in [0.5, 0.6) is 0 Å². The molecule has 1 unspecified atom stereocenters. The third-order valence-electron chi connectivity index (χ3n) is 7.56. The van der Waals surface area contributed by atoms with Crippen LogP contribution < -0.4 is 10.4 Å². The van der Waals surface area contributed by atoms with E-state index in [1.165, 1.54) is 24.3 Å². The largest absolute Gasteiger partial charge is 0.550 e.